The maximum Gasteiger partial charge on any atom is 0.160 e. The molecule has 5 aromatic heterocycles. The second-order valence-corrected chi connectivity index (χ2v) is 17.4. The van der Waals surface area contributed by atoms with E-state index in [2.05, 4.69) is 88.0 Å². The van der Waals surface area contributed by atoms with Gasteiger partial charge in [-0.2, -0.15) is 15.8 Å². The minimum Gasteiger partial charge on any atom is -0.456 e. The van der Waals surface area contributed by atoms with Crippen molar-refractivity contribution in [2.24, 2.45) is 0 Å². The first-order valence-corrected chi connectivity index (χ1v) is 22.7. The molecular weight excluding hydrogens is 863 g/mol. The van der Waals surface area contributed by atoms with E-state index in [1.165, 1.54) is 0 Å². The summed E-state index contributed by atoms with van der Waals surface area (Å²) >= 11 is 0. The summed E-state index contributed by atoms with van der Waals surface area (Å²) in [6, 6.07) is 69.1. The maximum absolute atomic E-state index is 11.1. The number of nitrogens with zero attached hydrogens (tertiary/aromatic N) is 7. The van der Waals surface area contributed by atoms with Gasteiger partial charge in [-0.05, 0) is 72.8 Å². The van der Waals surface area contributed by atoms with E-state index in [1.54, 1.807) is 12.1 Å². The monoisotopic (exact) mass is 893 g/mol. The van der Waals surface area contributed by atoms with Crippen LogP contribution in [0.25, 0.3) is 133 Å². The standard InChI is InChI=1S/C61H31N7O2/c62-32-38-26-36(22-24-49(38)67-51-18-8-4-14-40(51)44-30-57-46(28-53(44)67)42-16-6-10-20-55(42)69-57)59-48(34-64)60(66-61(65-59)35-12-2-1-3-13-35)37-23-25-50(39(27-37)33-63)68-52-19-9-5-15-41(52)45-31-58-47(29-54(45)68)43-17-7-11-21-56(43)70-58/h1-31H. The lowest BCUT2D eigenvalue weighted by molar-refractivity contribution is 0.669. The average Bonchev–Trinajstić information content (AvgIpc) is 4.16. The van der Waals surface area contributed by atoms with Gasteiger partial charge in [-0.15, -0.1) is 0 Å². The van der Waals surface area contributed by atoms with Crippen molar-refractivity contribution in [2.75, 3.05) is 0 Å². The smallest absolute Gasteiger partial charge is 0.160 e. The fraction of sp³-hybridized carbons (Fsp3) is 0. The van der Waals surface area contributed by atoms with Gasteiger partial charge in [0.15, 0.2) is 5.82 Å². The summed E-state index contributed by atoms with van der Waals surface area (Å²) < 4.78 is 16.9. The van der Waals surface area contributed by atoms with Gasteiger partial charge in [-0.1, -0.05) is 115 Å². The van der Waals surface area contributed by atoms with Gasteiger partial charge in [0.2, 0.25) is 0 Å². The first-order valence-electron chi connectivity index (χ1n) is 22.7. The molecule has 0 aliphatic heterocycles. The summed E-state index contributed by atoms with van der Waals surface area (Å²) in [5.74, 6) is 0.396. The molecule has 0 fully saturated rings. The fourth-order valence-electron chi connectivity index (χ4n) is 10.5. The van der Waals surface area contributed by atoms with Gasteiger partial charge in [-0.25, -0.2) is 9.97 Å². The van der Waals surface area contributed by atoms with Crippen LogP contribution in [0.5, 0.6) is 0 Å². The molecule has 0 bridgehead atoms. The minimum atomic E-state index is 0.213. The molecule has 5 heterocycles. The van der Waals surface area contributed by atoms with E-state index in [9.17, 15) is 15.8 Å². The molecule has 0 amide bonds. The molecule has 0 unspecified atom stereocenters. The average molecular weight is 894 g/mol. The van der Waals surface area contributed by atoms with Crippen molar-refractivity contribution in [2.45, 2.75) is 0 Å². The molecule has 9 heteroatoms. The molecule has 0 aliphatic rings. The molecule has 14 rings (SSSR count). The van der Waals surface area contributed by atoms with E-state index in [0.717, 1.165) is 93.1 Å². The molecule has 0 radical (unpaired) electrons. The molecule has 0 N–H and O–H groups in total. The van der Waals surface area contributed by atoms with Crippen LogP contribution in [0.2, 0.25) is 0 Å². The van der Waals surface area contributed by atoms with Crippen LogP contribution < -0.4 is 0 Å². The Morgan fingerprint density at radius 3 is 1.26 bits per heavy atom. The number of nitriles is 3. The number of furan rings is 2. The Morgan fingerprint density at radius 2 is 0.786 bits per heavy atom. The Hall–Kier alpha value is -10.3. The van der Waals surface area contributed by atoms with Crippen molar-refractivity contribution in [1.82, 2.24) is 19.1 Å². The summed E-state index contributed by atoms with van der Waals surface area (Å²) in [7, 11) is 0. The lowest BCUT2D eigenvalue weighted by Crippen LogP contribution is -2.03. The van der Waals surface area contributed by atoms with E-state index >= 15 is 0 Å². The molecule has 0 atom stereocenters. The topological polar surface area (TPSA) is 133 Å². The predicted molar refractivity (Wildman–Crippen MR) is 276 cm³/mol. The van der Waals surface area contributed by atoms with Crippen molar-refractivity contribution >= 4 is 87.5 Å². The zero-order valence-electron chi connectivity index (χ0n) is 36.8. The summed E-state index contributed by atoms with van der Waals surface area (Å²) in [6.07, 6.45) is 0. The summed E-state index contributed by atoms with van der Waals surface area (Å²) in [6.45, 7) is 0. The van der Waals surface area contributed by atoms with E-state index in [-0.39, 0.29) is 5.56 Å². The zero-order chi connectivity index (χ0) is 46.6. The molecule has 0 saturated carbocycles. The molecule has 70 heavy (non-hydrogen) atoms. The summed E-state index contributed by atoms with van der Waals surface area (Å²) in [5.41, 5.74) is 11.9. The van der Waals surface area contributed by atoms with Crippen molar-refractivity contribution < 1.29 is 8.83 Å². The van der Waals surface area contributed by atoms with Gasteiger partial charge < -0.3 is 18.0 Å². The Bertz CT molecular complexity index is 4430. The number of hydrogen-bond donors (Lipinski definition) is 0. The lowest BCUT2D eigenvalue weighted by atomic mass is 9.97. The fourth-order valence-corrected chi connectivity index (χ4v) is 10.5. The van der Waals surface area contributed by atoms with Crippen LogP contribution in [0.1, 0.15) is 16.7 Å². The van der Waals surface area contributed by atoms with Crippen molar-refractivity contribution in [3.8, 4) is 63.5 Å². The summed E-state index contributed by atoms with van der Waals surface area (Å²) in [4.78, 5) is 10.1. The third-order valence-electron chi connectivity index (χ3n) is 13.7. The molecule has 9 nitrogen and oxygen atoms in total. The van der Waals surface area contributed by atoms with Crippen LogP contribution in [0.4, 0.5) is 0 Å². The largest absolute Gasteiger partial charge is 0.456 e. The quantitative estimate of drug-likeness (QED) is 0.168. The molecule has 0 saturated heterocycles. The van der Waals surface area contributed by atoms with Crippen molar-refractivity contribution in [3.05, 3.63) is 205 Å². The molecule has 14 aromatic rings. The molecule has 0 spiro atoms. The Labute approximate surface area is 397 Å². The highest BCUT2D eigenvalue weighted by molar-refractivity contribution is 6.18. The number of rotatable bonds is 5. The van der Waals surface area contributed by atoms with Crippen molar-refractivity contribution in [1.29, 1.82) is 15.8 Å². The predicted octanol–water partition coefficient (Wildman–Crippen LogP) is 15.1. The van der Waals surface area contributed by atoms with Gasteiger partial charge in [0.25, 0.3) is 0 Å². The lowest BCUT2D eigenvalue weighted by Gasteiger charge is -2.16. The SMILES string of the molecule is N#Cc1cc(-c2nc(-c3ccccc3)nc(-c3ccc(-n4c5ccccc5c5cc6oc7ccccc7c6cc54)c(C#N)c3)c2C#N)ccc1-n1c2ccccc2c2cc3oc4ccccc4c3cc21. The van der Waals surface area contributed by atoms with E-state index < -0.39 is 0 Å². The summed E-state index contributed by atoms with van der Waals surface area (Å²) in [5, 5.41) is 41.1. The highest BCUT2D eigenvalue weighted by atomic mass is 16.3. The van der Waals surface area contributed by atoms with Gasteiger partial charge in [0.1, 0.15) is 46.1 Å². The highest BCUT2D eigenvalue weighted by Gasteiger charge is 2.24. The number of benzene rings is 9. The molecule has 9 aromatic carbocycles. The Kier molecular flexibility index (Phi) is 8.27. The van der Waals surface area contributed by atoms with Crippen LogP contribution in [0, 0.1) is 34.0 Å². The van der Waals surface area contributed by atoms with E-state index in [1.807, 2.05) is 115 Å². The van der Waals surface area contributed by atoms with Crippen LogP contribution in [-0.4, -0.2) is 19.1 Å². The second-order valence-electron chi connectivity index (χ2n) is 17.4. The van der Waals surface area contributed by atoms with Crippen LogP contribution in [-0.2, 0) is 0 Å². The molecular formula is C61H31N7O2. The third-order valence-corrected chi connectivity index (χ3v) is 13.7. The Balaban J connectivity index is 0.955. The maximum atomic E-state index is 11.1. The number of fused-ring (bicyclic) bond motifs is 12. The van der Waals surface area contributed by atoms with E-state index in [0.29, 0.717) is 50.8 Å². The molecule has 322 valence electrons. The number of aromatic nitrogens is 4. The number of para-hydroxylation sites is 4. The normalized spacial score (nSPS) is 11.7. The minimum absolute atomic E-state index is 0.213. The second kappa shape index (κ2) is 14.9. The van der Waals surface area contributed by atoms with E-state index in [4.69, 9.17) is 18.8 Å². The zero-order valence-corrected chi connectivity index (χ0v) is 36.8. The Morgan fingerprint density at radius 1 is 0.343 bits per heavy atom. The highest BCUT2D eigenvalue weighted by Crippen LogP contribution is 2.42. The van der Waals surface area contributed by atoms with Crippen molar-refractivity contribution in [3.63, 3.8) is 0 Å². The van der Waals surface area contributed by atoms with Crippen LogP contribution >= 0.6 is 0 Å². The number of hydrogen-bond acceptors (Lipinski definition) is 7. The van der Waals surface area contributed by atoms with Crippen LogP contribution in [0.3, 0.4) is 0 Å². The third kappa shape index (κ3) is 5.63. The van der Waals surface area contributed by atoms with Gasteiger partial charge in [-0.3, -0.25) is 0 Å². The van der Waals surface area contributed by atoms with Gasteiger partial charge in [0.05, 0.1) is 56.0 Å². The van der Waals surface area contributed by atoms with Gasteiger partial charge in [0, 0.05) is 59.8 Å². The van der Waals surface area contributed by atoms with Crippen LogP contribution in [0.15, 0.2) is 197 Å². The molecule has 0 aliphatic carbocycles. The van der Waals surface area contributed by atoms with Gasteiger partial charge >= 0.3 is 0 Å². The first kappa shape index (κ1) is 38.9. The first-order chi connectivity index (χ1) is 34.6.